The Balaban J connectivity index is 1.36. The lowest BCUT2D eigenvalue weighted by atomic mass is 9.82. The molecule has 0 radical (unpaired) electrons. The molecule has 4 rings (SSSR count). The van der Waals surface area contributed by atoms with Crippen LogP contribution >= 0.6 is 0 Å². The normalized spacial score (nSPS) is 26.3. The lowest BCUT2D eigenvalue weighted by Crippen LogP contribution is -2.44. The monoisotopic (exact) mass is 341 g/mol. The third kappa shape index (κ3) is 3.75. The van der Waals surface area contributed by atoms with E-state index in [1.807, 2.05) is 36.5 Å². The van der Waals surface area contributed by atoms with Crippen LogP contribution in [0.4, 0.5) is 0 Å². The fraction of sp³-hybridized carbons (Fsp3) is 0.474. The number of aromatic nitrogens is 1. The van der Waals surface area contributed by atoms with Crippen LogP contribution in [0, 0.1) is 17.8 Å². The fourth-order valence-corrected chi connectivity index (χ4v) is 3.93. The Labute approximate surface area is 147 Å². The lowest BCUT2D eigenvalue weighted by Gasteiger charge is -2.31. The summed E-state index contributed by atoms with van der Waals surface area (Å²) in [5.74, 6) is 1.49. The maximum atomic E-state index is 12.6. The highest BCUT2D eigenvalue weighted by Gasteiger charge is 2.43. The second-order valence-corrected chi connectivity index (χ2v) is 6.88. The van der Waals surface area contributed by atoms with Crippen LogP contribution < -0.4 is 5.32 Å². The molecule has 2 aliphatic heterocycles. The van der Waals surface area contributed by atoms with Crippen LogP contribution in [0.15, 0.2) is 47.2 Å². The molecule has 2 aromatic heterocycles. The van der Waals surface area contributed by atoms with Crippen molar-refractivity contribution in [1.29, 1.82) is 0 Å². The number of carbonyl (C=O) groups excluding carboxylic acids is 1. The number of nitrogens with zero attached hydrogens (tertiary/aromatic N) is 2. The van der Waals surface area contributed by atoms with Crippen LogP contribution in [-0.2, 0) is 22.6 Å². The Kier molecular flexibility index (Phi) is 4.81. The van der Waals surface area contributed by atoms with Crippen molar-refractivity contribution in [1.82, 2.24) is 15.2 Å². The van der Waals surface area contributed by atoms with Gasteiger partial charge < -0.3 is 14.5 Å². The van der Waals surface area contributed by atoms with Crippen LogP contribution in [0.2, 0.25) is 0 Å². The third-order valence-corrected chi connectivity index (χ3v) is 5.18. The number of pyridine rings is 1. The molecule has 0 aliphatic carbocycles. The van der Waals surface area contributed by atoms with Crippen LogP contribution in [0.3, 0.4) is 0 Å². The Morgan fingerprint density at radius 3 is 3.00 bits per heavy atom. The van der Waals surface area contributed by atoms with Gasteiger partial charge in [-0.15, -0.1) is 0 Å². The molecule has 1 amide bonds. The first-order valence-electron chi connectivity index (χ1n) is 8.79. The highest BCUT2D eigenvalue weighted by atomic mass is 16.5. The molecule has 2 aliphatic rings. The average molecular weight is 341 g/mol. The number of ether oxygens (including phenoxy) is 1. The molecule has 132 valence electrons. The molecule has 0 unspecified atom stereocenters. The SMILES string of the molecule is O=C(NCc1ccco1)[C@@H]1COC[C@@H]2CN(Cc3ccccn3)C[C@@H]21. The lowest BCUT2D eigenvalue weighted by molar-refractivity contribution is -0.133. The van der Waals surface area contributed by atoms with Gasteiger partial charge in [0.15, 0.2) is 0 Å². The van der Waals surface area contributed by atoms with Gasteiger partial charge >= 0.3 is 0 Å². The van der Waals surface area contributed by atoms with E-state index in [0.29, 0.717) is 25.0 Å². The molecule has 0 aromatic carbocycles. The summed E-state index contributed by atoms with van der Waals surface area (Å²) < 4.78 is 11.0. The Morgan fingerprint density at radius 2 is 2.20 bits per heavy atom. The number of nitrogens with one attached hydrogen (secondary N) is 1. The molecule has 3 atom stereocenters. The summed E-state index contributed by atoms with van der Waals surface area (Å²) in [6.45, 7) is 4.38. The summed E-state index contributed by atoms with van der Waals surface area (Å²) >= 11 is 0. The molecule has 4 heterocycles. The highest BCUT2D eigenvalue weighted by molar-refractivity contribution is 5.79. The van der Waals surface area contributed by atoms with Gasteiger partial charge in [0, 0.05) is 25.8 Å². The van der Waals surface area contributed by atoms with Crippen molar-refractivity contribution in [3.8, 4) is 0 Å². The van der Waals surface area contributed by atoms with Gasteiger partial charge in [-0.05, 0) is 36.1 Å². The summed E-state index contributed by atoms with van der Waals surface area (Å²) in [5.41, 5.74) is 1.07. The Bertz CT molecular complexity index is 689. The van der Waals surface area contributed by atoms with Gasteiger partial charge in [0.1, 0.15) is 5.76 Å². The van der Waals surface area contributed by atoms with Crippen LogP contribution in [-0.4, -0.2) is 42.1 Å². The van der Waals surface area contributed by atoms with Crippen molar-refractivity contribution >= 4 is 5.91 Å². The third-order valence-electron chi connectivity index (χ3n) is 5.18. The maximum absolute atomic E-state index is 12.6. The van der Waals surface area contributed by atoms with E-state index in [1.54, 1.807) is 6.26 Å². The van der Waals surface area contributed by atoms with Crippen molar-refractivity contribution in [2.45, 2.75) is 13.1 Å². The van der Waals surface area contributed by atoms with Gasteiger partial charge in [-0.25, -0.2) is 0 Å². The Morgan fingerprint density at radius 1 is 1.24 bits per heavy atom. The van der Waals surface area contributed by atoms with Crippen LogP contribution in [0.1, 0.15) is 11.5 Å². The zero-order valence-corrected chi connectivity index (χ0v) is 14.1. The molecule has 0 spiro atoms. The standard InChI is InChI=1S/C19H23N3O3/c23-19(21-8-16-5-3-7-25-16)18-13-24-12-14-9-22(11-17(14)18)10-15-4-1-2-6-20-15/h1-7,14,17-18H,8-13H2,(H,21,23)/t14-,17-,18+/m0/s1. The fourth-order valence-electron chi connectivity index (χ4n) is 3.93. The number of carbonyl (C=O) groups is 1. The van der Waals surface area contributed by atoms with Crippen molar-refractivity contribution in [2.24, 2.45) is 17.8 Å². The van der Waals surface area contributed by atoms with E-state index in [9.17, 15) is 4.79 Å². The molecule has 6 heteroatoms. The second kappa shape index (κ2) is 7.37. The first kappa shape index (κ1) is 16.3. The molecule has 1 N–H and O–H groups in total. The minimum atomic E-state index is -0.0950. The molecule has 6 nitrogen and oxygen atoms in total. The topological polar surface area (TPSA) is 67.6 Å². The van der Waals surface area contributed by atoms with Gasteiger partial charge in [-0.3, -0.25) is 14.7 Å². The quantitative estimate of drug-likeness (QED) is 0.896. The molecule has 2 aromatic rings. The van der Waals surface area contributed by atoms with E-state index in [1.165, 1.54) is 0 Å². The predicted octanol–water partition coefficient (Wildman–Crippen LogP) is 1.69. The van der Waals surface area contributed by atoms with Crippen molar-refractivity contribution in [3.05, 3.63) is 54.2 Å². The van der Waals surface area contributed by atoms with E-state index < -0.39 is 0 Å². The molecular formula is C19H23N3O3. The average Bonchev–Trinajstić information content (AvgIpc) is 3.29. The number of rotatable bonds is 5. The smallest absolute Gasteiger partial charge is 0.226 e. The second-order valence-electron chi connectivity index (χ2n) is 6.88. The van der Waals surface area contributed by atoms with Crippen molar-refractivity contribution in [2.75, 3.05) is 26.3 Å². The van der Waals surface area contributed by atoms with Crippen LogP contribution in [0.25, 0.3) is 0 Å². The number of furan rings is 1. The van der Waals surface area contributed by atoms with E-state index >= 15 is 0 Å². The first-order chi connectivity index (χ1) is 12.3. The van der Waals surface area contributed by atoms with E-state index in [2.05, 4.69) is 15.2 Å². The molecular weight excluding hydrogens is 318 g/mol. The number of fused-ring (bicyclic) bond motifs is 1. The maximum Gasteiger partial charge on any atom is 0.226 e. The van der Waals surface area contributed by atoms with Gasteiger partial charge in [0.25, 0.3) is 0 Å². The van der Waals surface area contributed by atoms with Crippen LogP contribution in [0.5, 0.6) is 0 Å². The predicted molar refractivity (Wildman–Crippen MR) is 91.4 cm³/mol. The molecule has 0 bridgehead atoms. The Hall–Kier alpha value is -2.18. The largest absolute Gasteiger partial charge is 0.467 e. The molecule has 25 heavy (non-hydrogen) atoms. The minimum Gasteiger partial charge on any atom is -0.467 e. The number of amides is 1. The minimum absolute atomic E-state index is 0.0609. The summed E-state index contributed by atoms with van der Waals surface area (Å²) in [5, 5.41) is 2.99. The van der Waals surface area contributed by atoms with E-state index in [4.69, 9.17) is 9.15 Å². The van der Waals surface area contributed by atoms with Crippen molar-refractivity contribution in [3.63, 3.8) is 0 Å². The number of hydrogen-bond donors (Lipinski definition) is 1. The summed E-state index contributed by atoms with van der Waals surface area (Å²) in [6, 6.07) is 9.68. The number of likely N-dealkylation sites (tertiary alicyclic amines) is 1. The molecule has 2 fully saturated rings. The summed E-state index contributed by atoms with van der Waals surface area (Å²) in [6.07, 6.45) is 3.44. The zero-order chi connectivity index (χ0) is 17.1. The summed E-state index contributed by atoms with van der Waals surface area (Å²) in [7, 11) is 0. The summed E-state index contributed by atoms with van der Waals surface area (Å²) in [4.78, 5) is 19.4. The molecule has 0 saturated carbocycles. The first-order valence-corrected chi connectivity index (χ1v) is 8.79. The van der Waals surface area contributed by atoms with Gasteiger partial charge in [-0.1, -0.05) is 6.07 Å². The van der Waals surface area contributed by atoms with E-state index in [0.717, 1.165) is 37.7 Å². The van der Waals surface area contributed by atoms with Crippen molar-refractivity contribution < 1.29 is 13.9 Å². The highest BCUT2D eigenvalue weighted by Crippen LogP contribution is 2.34. The molecule has 2 saturated heterocycles. The van der Waals surface area contributed by atoms with Gasteiger partial charge in [0.2, 0.25) is 5.91 Å². The van der Waals surface area contributed by atoms with Gasteiger partial charge in [0.05, 0.1) is 37.6 Å². The van der Waals surface area contributed by atoms with Gasteiger partial charge in [-0.2, -0.15) is 0 Å². The zero-order valence-electron chi connectivity index (χ0n) is 14.1. The number of hydrogen-bond acceptors (Lipinski definition) is 5. The van der Waals surface area contributed by atoms with E-state index in [-0.39, 0.29) is 11.8 Å².